The minimum Gasteiger partial charge on any atom is -0.395 e. The molecular weight excluding hydrogens is 301 g/mol. The van der Waals surface area contributed by atoms with E-state index in [2.05, 4.69) is 12.2 Å². The van der Waals surface area contributed by atoms with Crippen molar-refractivity contribution in [3.8, 4) is 0 Å². The fraction of sp³-hybridized carbons (Fsp3) is 0.615. The van der Waals surface area contributed by atoms with Gasteiger partial charge in [-0.1, -0.05) is 36.5 Å². The Kier molecular flexibility index (Phi) is 7.19. The van der Waals surface area contributed by atoms with Crippen molar-refractivity contribution >= 4 is 29.2 Å². The Bertz CT molecular complexity index is 449. The van der Waals surface area contributed by atoms with Gasteiger partial charge < -0.3 is 19.9 Å². The lowest BCUT2D eigenvalue weighted by Crippen LogP contribution is -2.41. The molecule has 0 radical (unpaired) electrons. The van der Waals surface area contributed by atoms with Crippen LogP contribution in [0.5, 0.6) is 0 Å². The van der Waals surface area contributed by atoms with E-state index in [0.717, 1.165) is 18.5 Å². The second-order valence-corrected chi connectivity index (χ2v) is 5.32. The van der Waals surface area contributed by atoms with E-state index in [1.807, 2.05) is 0 Å². The van der Waals surface area contributed by atoms with Crippen molar-refractivity contribution in [1.82, 2.24) is 14.8 Å². The molecule has 0 spiro atoms. The lowest BCUT2D eigenvalue weighted by atomic mass is 10.3. The first-order valence-electron chi connectivity index (χ1n) is 6.64. The molecule has 0 unspecified atom stereocenters. The zero-order valence-electron chi connectivity index (χ0n) is 11.8. The van der Waals surface area contributed by atoms with Crippen molar-refractivity contribution < 1.29 is 9.90 Å². The summed E-state index contributed by atoms with van der Waals surface area (Å²) in [7, 11) is 1.79. The van der Waals surface area contributed by atoms with Gasteiger partial charge in [-0.15, -0.1) is 0 Å². The summed E-state index contributed by atoms with van der Waals surface area (Å²) in [5, 5.41) is 12.7. The number of carbonyl (C=O) groups is 1. The summed E-state index contributed by atoms with van der Waals surface area (Å²) in [6, 6.07) is 1.54. The number of aromatic nitrogens is 1. The van der Waals surface area contributed by atoms with Crippen LogP contribution in [0.3, 0.4) is 0 Å². The second kappa shape index (κ2) is 8.39. The molecule has 2 N–H and O–H groups in total. The minimum atomic E-state index is -0.194. The van der Waals surface area contributed by atoms with E-state index in [-0.39, 0.29) is 12.6 Å². The monoisotopic (exact) mass is 321 g/mol. The van der Waals surface area contributed by atoms with Gasteiger partial charge in [0.25, 0.3) is 0 Å². The van der Waals surface area contributed by atoms with Gasteiger partial charge in [-0.25, -0.2) is 4.79 Å². The fourth-order valence-corrected chi connectivity index (χ4v) is 2.24. The van der Waals surface area contributed by atoms with Gasteiger partial charge in [0.15, 0.2) is 0 Å². The standard InChI is InChI=1S/C13H21Cl2N3O2/c1-3-4-5-18(6-7-19)13(20)16-9-10-8-11(14)12(15)17(10)2/h8,19H,3-7,9H2,1-2H3,(H,16,20). The highest BCUT2D eigenvalue weighted by molar-refractivity contribution is 6.41. The molecule has 0 atom stereocenters. The van der Waals surface area contributed by atoms with Crippen molar-refractivity contribution in [3.63, 3.8) is 0 Å². The number of amides is 2. The third-order valence-corrected chi connectivity index (χ3v) is 3.92. The Labute approximate surface area is 129 Å². The van der Waals surface area contributed by atoms with Crippen LogP contribution < -0.4 is 5.32 Å². The third kappa shape index (κ3) is 4.58. The predicted octanol–water partition coefficient (Wildman–Crippen LogP) is 2.64. The molecule has 0 saturated heterocycles. The quantitative estimate of drug-likeness (QED) is 0.811. The molecule has 0 bridgehead atoms. The average molecular weight is 322 g/mol. The number of unbranched alkanes of at least 4 members (excludes halogenated alkanes) is 1. The van der Waals surface area contributed by atoms with Gasteiger partial charge in [0.05, 0.1) is 18.2 Å². The average Bonchev–Trinajstić information content (AvgIpc) is 2.68. The number of halogens is 2. The molecule has 1 aromatic heterocycles. The Morgan fingerprint density at radius 2 is 2.15 bits per heavy atom. The normalized spacial score (nSPS) is 10.7. The summed E-state index contributed by atoms with van der Waals surface area (Å²) in [6.45, 7) is 3.33. The van der Waals surface area contributed by atoms with Crippen molar-refractivity contribution in [3.05, 3.63) is 21.9 Å². The molecule has 1 rings (SSSR count). The molecule has 2 amide bonds. The molecular formula is C13H21Cl2N3O2. The number of aliphatic hydroxyl groups excluding tert-OH is 1. The van der Waals surface area contributed by atoms with Gasteiger partial charge in [-0.2, -0.15) is 0 Å². The maximum atomic E-state index is 12.0. The second-order valence-electron chi connectivity index (χ2n) is 4.56. The fourth-order valence-electron chi connectivity index (χ4n) is 1.82. The van der Waals surface area contributed by atoms with Crippen molar-refractivity contribution in [2.75, 3.05) is 19.7 Å². The molecule has 114 valence electrons. The van der Waals surface area contributed by atoms with Crippen LogP contribution in [0.1, 0.15) is 25.5 Å². The number of aliphatic hydroxyl groups is 1. The van der Waals surface area contributed by atoms with E-state index in [4.69, 9.17) is 28.3 Å². The van der Waals surface area contributed by atoms with E-state index in [9.17, 15) is 4.79 Å². The zero-order chi connectivity index (χ0) is 15.1. The highest BCUT2D eigenvalue weighted by atomic mass is 35.5. The van der Waals surface area contributed by atoms with Gasteiger partial charge in [-0.05, 0) is 12.5 Å². The van der Waals surface area contributed by atoms with Gasteiger partial charge in [0.2, 0.25) is 0 Å². The SMILES string of the molecule is CCCCN(CCO)C(=O)NCc1cc(Cl)c(Cl)n1C. The summed E-state index contributed by atoms with van der Waals surface area (Å²) in [5.41, 5.74) is 0.827. The zero-order valence-corrected chi connectivity index (χ0v) is 13.3. The smallest absolute Gasteiger partial charge is 0.317 e. The van der Waals surface area contributed by atoms with Crippen molar-refractivity contribution in [2.45, 2.75) is 26.3 Å². The maximum absolute atomic E-state index is 12.0. The molecule has 1 heterocycles. The van der Waals surface area contributed by atoms with Gasteiger partial charge in [0.1, 0.15) is 5.15 Å². The van der Waals surface area contributed by atoms with Crippen LogP contribution in [-0.2, 0) is 13.6 Å². The number of nitrogens with zero attached hydrogens (tertiary/aromatic N) is 2. The van der Waals surface area contributed by atoms with Crippen LogP contribution in [0.2, 0.25) is 10.2 Å². The molecule has 7 heteroatoms. The Morgan fingerprint density at radius 3 is 2.65 bits per heavy atom. The number of hydrogen-bond acceptors (Lipinski definition) is 2. The van der Waals surface area contributed by atoms with Crippen LogP contribution in [0.15, 0.2) is 6.07 Å². The van der Waals surface area contributed by atoms with Crippen LogP contribution in [0, 0.1) is 0 Å². The number of hydrogen-bond donors (Lipinski definition) is 2. The summed E-state index contributed by atoms with van der Waals surface area (Å²) in [6.07, 6.45) is 1.91. The highest BCUT2D eigenvalue weighted by Crippen LogP contribution is 2.24. The first kappa shape index (κ1) is 17.1. The first-order chi connectivity index (χ1) is 9.51. The summed E-state index contributed by atoms with van der Waals surface area (Å²) in [5.74, 6) is 0. The van der Waals surface area contributed by atoms with Crippen LogP contribution in [0.25, 0.3) is 0 Å². The molecule has 5 nitrogen and oxygen atoms in total. The van der Waals surface area contributed by atoms with Crippen molar-refractivity contribution in [2.24, 2.45) is 7.05 Å². The molecule has 0 aliphatic heterocycles. The van der Waals surface area contributed by atoms with Gasteiger partial charge in [0, 0.05) is 25.8 Å². The van der Waals surface area contributed by atoms with E-state index in [0.29, 0.717) is 29.8 Å². The molecule has 0 aromatic carbocycles. The molecule has 1 aromatic rings. The van der Waals surface area contributed by atoms with Gasteiger partial charge >= 0.3 is 6.03 Å². The van der Waals surface area contributed by atoms with Crippen LogP contribution >= 0.6 is 23.2 Å². The van der Waals surface area contributed by atoms with Crippen LogP contribution in [0.4, 0.5) is 4.79 Å². The lowest BCUT2D eigenvalue weighted by Gasteiger charge is -2.22. The maximum Gasteiger partial charge on any atom is 0.317 e. The Morgan fingerprint density at radius 1 is 1.45 bits per heavy atom. The van der Waals surface area contributed by atoms with E-state index < -0.39 is 0 Å². The van der Waals surface area contributed by atoms with E-state index in [1.54, 1.807) is 22.6 Å². The topological polar surface area (TPSA) is 57.5 Å². The summed E-state index contributed by atoms with van der Waals surface area (Å²) >= 11 is 11.9. The number of urea groups is 1. The Hall–Kier alpha value is -0.910. The first-order valence-corrected chi connectivity index (χ1v) is 7.40. The summed E-state index contributed by atoms with van der Waals surface area (Å²) in [4.78, 5) is 13.7. The van der Waals surface area contributed by atoms with Crippen LogP contribution in [-0.4, -0.2) is 40.3 Å². The molecule has 0 aliphatic carbocycles. The van der Waals surface area contributed by atoms with E-state index in [1.165, 1.54) is 0 Å². The molecule has 0 saturated carbocycles. The minimum absolute atomic E-state index is 0.0427. The number of rotatable bonds is 7. The third-order valence-electron chi connectivity index (χ3n) is 3.08. The number of carbonyl (C=O) groups excluding carboxylic acids is 1. The molecule has 20 heavy (non-hydrogen) atoms. The lowest BCUT2D eigenvalue weighted by molar-refractivity contribution is 0.176. The largest absolute Gasteiger partial charge is 0.395 e. The Balaban J connectivity index is 2.57. The number of nitrogens with one attached hydrogen (secondary N) is 1. The molecule has 0 fully saturated rings. The molecule has 0 aliphatic rings. The predicted molar refractivity (Wildman–Crippen MR) is 81.2 cm³/mol. The van der Waals surface area contributed by atoms with Crippen molar-refractivity contribution in [1.29, 1.82) is 0 Å². The van der Waals surface area contributed by atoms with E-state index >= 15 is 0 Å². The van der Waals surface area contributed by atoms with Gasteiger partial charge in [-0.3, -0.25) is 0 Å². The highest BCUT2D eigenvalue weighted by Gasteiger charge is 2.14. The summed E-state index contributed by atoms with van der Waals surface area (Å²) < 4.78 is 1.73.